The third-order valence-electron chi connectivity index (χ3n) is 5.59. The van der Waals surface area contributed by atoms with E-state index in [9.17, 15) is 14.4 Å². The van der Waals surface area contributed by atoms with Crippen LogP contribution in [0.25, 0.3) is 0 Å². The Hall–Kier alpha value is -4.07. The zero-order chi connectivity index (χ0) is 25.4. The molecule has 1 atom stereocenters. The number of nitrogens with one attached hydrogen (secondary N) is 2. The maximum absolute atomic E-state index is 12.9. The first-order valence-corrected chi connectivity index (χ1v) is 11.4. The van der Waals surface area contributed by atoms with Gasteiger partial charge in [-0.2, -0.15) is 0 Å². The topological polar surface area (TPSA) is 98.7 Å². The fraction of sp³-hybridized carbons (Fsp3) is 0.296. The lowest BCUT2D eigenvalue weighted by molar-refractivity contribution is -0.124. The van der Waals surface area contributed by atoms with E-state index in [1.54, 1.807) is 35.0 Å². The summed E-state index contributed by atoms with van der Waals surface area (Å²) in [6.07, 6.45) is 1.75. The van der Waals surface area contributed by atoms with Crippen LogP contribution in [0.3, 0.4) is 0 Å². The van der Waals surface area contributed by atoms with Crippen LogP contribution in [0.5, 0.6) is 11.5 Å². The molecule has 0 aliphatic carbocycles. The molecule has 0 fully saturated rings. The quantitative estimate of drug-likeness (QED) is 0.468. The highest BCUT2D eigenvalue weighted by molar-refractivity contribution is 5.98. The van der Waals surface area contributed by atoms with Crippen LogP contribution in [-0.4, -0.2) is 36.6 Å². The van der Waals surface area contributed by atoms with Gasteiger partial charge in [0.1, 0.15) is 17.5 Å². The van der Waals surface area contributed by atoms with E-state index in [2.05, 4.69) is 10.6 Å². The first-order valence-electron chi connectivity index (χ1n) is 11.4. The highest BCUT2D eigenvalue weighted by Gasteiger charge is 2.25. The van der Waals surface area contributed by atoms with Gasteiger partial charge in [-0.15, -0.1) is 0 Å². The number of hydrogen-bond donors (Lipinski definition) is 2. The number of methoxy groups -OCH3 is 2. The van der Waals surface area contributed by atoms with Gasteiger partial charge in [-0.25, -0.2) is 0 Å². The monoisotopic (exact) mass is 477 g/mol. The van der Waals surface area contributed by atoms with Crippen LogP contribution in [0.1, 0.15) is 35.3 Å². The van der Waals surface area contributed by atoms with Crippen molar-refractivity contribution in [1.29, 1.82) is 0 Å². The van der Waals surface area contributed by atoms with Gasteiger partial charge < -0.3 is 24.7 Å². The molecule has 184 valence electrons. The molecule has 2 amide bonds. The number of nitrogens with zero attached hydrogens (tertiary/aromatic N) is 1. The molecule has 1 unspecified atom stereocenters. The Morgan fingerprint density at radius 2 is 1.54 bits per heavy atom. The Bertz CT molecular complexity index is 1200. The number of hydrogen-bond acceptors (Lipinski definition) is 5. The second kappa shape index (κ2) is 11.9. The predicted octanol–water partition coefficient (Wildman–Crippen LogP) is 2.98. The summed E-state index contributed by atoms with van der Waals surface area (Å²) < 4.78 is 12.1. The Morgan fingerprint density at radius 1 is 0.914 bits per heavy atom. The normalized spacial score (nSPS) is 11.6. The third kappa shape index (κ3) is 6.96. The molecular formula is C27H31N3O5. The van der Waals surface area contributed by atoms with E-state index < -0.39 is 11.9 Å². The van der Waals surface area contributed by atoms with Crippen molar-refractivity contribution in [2.75, 3.05) is 14.2 Å². The van der Waals surface area contributed by atoms with Crippen LogP contribution in [-0.2, 0) is 17.9 Å². The average molecular weight is 478 g/mol. The van der Waals surface area contributed by atoms with Crippen molar-refractivity contribution in [2.24, 2.45) is 5.92 Å². The minimum absolute atomic E-state index is 0.0574. The van der Waals surface area contributed by atoms with Gasteiger partial charge in [-0.05, 0) is 35.2 Å². The van der Waals surface area contributed by atoms with Crippen LogP contribution in [0.15, 0.2) is 71.7 Å². The van der Waals surface area contributed by atoms with E-state index in [0.717, 1.165) is 11.1 Å². The molecular weight excluding hydrogens is 446 g/mol. The van der Waals surface area contributed by atoms with Gasteiger partial charge in [-0.3, -0.25) is 14.4 Å². The zero-order valence-corrected chi connectivity index (χ0v) is 20.4. The maximum atomic E-state index is 12.9. The Morgan fingerprint density at radius 3 is 2.11 bits per heavy atom. The Kier molecular flexibility index (Phi) is 8.67. The number of pyridine rings is 1. The molecule has 0 aliphatic rings. The lowest BCUT2D eigenvalue weighted by Gasteiger charge is -2.22. The van der Waals surface area contributed by atoms with E-state index in [1.165, 1.54) is 20.3 Å². The number of aromatic nitrogens is 1. The fourth-order valence-corrected chi connectivity index (χ4v) is 3.55. The number of amides is 2. The second-order valence-corrected chi connectivity index (χ2v) is 8.50. The van der Waals surface area contributed by atoms with Crippen molar-refractivity contribution in [3.8, 4) is 11.5 Å². The van der Waals surface area contributed by atoms with Gasteiger partial charge in [0.15, 0.2) is 0 Å². The van der Waals surface area contributed by atoms with E-state index in [4.69, 9.17) is 9.47 Å². The van der Waals surface area contributed by atoms with Crippen LogP contribution >= 0.6 is 0 Å². The summed E-state index contributed by atoms with van der Waals surface area (Å²) in [5, 5.41) is 5.72. The van der Waals surface area contributed by atoms with Crippen molar-refractivity contribution in [3.05, 3.63) is 93.9 Å². The summed E-state index contributed by atoms with van der Waals surface area (Å²) in [4.78, 5) is 37.7. The van der Waals surface area contributed by atoms with Gasteiger partial charge >= 0.3 is 0 Å². The van der Waals surface area contributed by atoms with Gasteiger partial charge in [0.2, 0.25) is 5.91 Å². The molecule has 2 N–H and O–H groups in total. The lowest BCUT2D eigenvalue weighted by Crippen LogP contribution is -2.49. The van der Waals surface area contributed by atoms with Crippen molar-refractivity contribution in [2.45, 2.75) is 33.0 Å². The predicted molar refractivity (Wildman–Crippen MR) is 134 cm³/mol. The molecule has 35 heavy (non-hydrogen) atoms. The van der Waals surface area contributed by atoms with Crippen molar-refractivity contribution < 1.29 is 19.1 Å². The van der Waals surface area contributed by atoms with Gasteiger partial charge in [0.05, 0.1) is 20.8 Å². The van der Waals surface area contributed by atoms with Crippen molar-refractivity contribution in [3.63, 3.8) is 0 Å². The number of carbonyl (C=O) groups excluding carboxylic acids is 2. The second-order valence-electron chi connectivity index (χ2n) is 8.50. The molecule has 0 aliphatic heterocycles. The highest BCUT2D eigenvalue weighted by atomic mass is 16.5. The number of rotatable bonds is 10. The molecule has 2 aromatic carbocycles. The number of ether oxygens (including phenoxy) is 2. The summed E-state index contributed by atoms with van der Waals surface area (Å²) in [6.45, 7) is 4.54. The molecule has 8 heteroatoms. The standard InChI is InChI=1S/C27H31N3O5/c1-18(2)25(29-26(32)21-13-22(34-3)15-23(14-21)35-4)27(33)28-16-19-8-10-20(11-9-19)17-30-12-6-5-7-24(30)31/h5-15,18,25H,16-17H2,1-4H3,(H,28,33)(H,29,32). The summed E-state index contributed by atoms with van der Waals surface area (Å²) in [5.74, 6) is 0.180. The number of benzene rings is 2. The highest BCUT2D eigenvalue weighted by Crippen LogP contribution is 2.22. The van der Waals surface area contributed by atoms with E-state index in [0.29, 0.717) is 30.2 Å². The molecule has 1 heterocycles. The smallest absolute Gasteiger partial charge is 0.252 e. The van der Waals surface area contributed by atoms with Crippen LogP contribution in [0, 0.1) is 5.92 Å². The summed E-state index contributed by atoms with van der Waals surface area (Å²) in [6, 6.07) is 16.9. The zero-order valence-electron chi connectivity index (χ0n) is 20.4. The summed E-state index contributed by atoms with van der Waals surface area (Å²) >= 11 is 0. The first-order chi connectivity index (χ1) is 16.8. The van der Waals surface area contributed by atoms with Crippen molar-refractivity contribution in [1.82, 2.24) is 15.2 Å². The average Bonchev–Trinajstić information content (AvgIpc) is 2.87. The minimum Gasteiger partial charge on any atom is -0.497 e. The molecule has 0 saturated heterocycles. The molecule has 0 spiro atoms. The SMILES string of the molecule is COc1cc(OC)cc(C(=O)NC(C(=O)NCc2ccc(Cn3ccccc3=O)cc2)C(C)C)c1. The van der Waals surface area contributed by atoms with Crippen molar-refractivity contribution >= 4 is 11.8 Å². The third-order valence-corrected chi connectivity index (χ3v) is 5.59. The summed E-state index contributed by atoms with van der Waals surface area (Å²) in [7, 11) is 3.02. The van der Waals surface area contributed by atoms with Gasteiger partial charge in [0, 0.05) is 30.4 Å². The van der Waals surface area contributed by atoms with E-state index >= 15 is 0 Å². The molecule has 0 saturated carbocycles. The molecule has 0 radical (unpaired) electrons. The van der Waals surface area contributed by atoms with Gasteiger partial charge in [0.25, 0.3) is 11.5 Å². The lowest BCUT2D eigenvalue weighted by atomic mass is 10.0. The number of carbonyl (C=O) groups is 2. The maximum Gasteiger partial charge on any atom is 0.252 e. The van der Waals surface area contributed by atoms with Crippen LogP contribution < -0.4 is 25.7 Å². The summed E-state index contributed by atoms with van der Waals surface area (Å²) in [5.41, 5.74) is 2.18. The van der Waals surface area contributed by atoms with Crippen LogP contribution in [0.2, 0.25) is 0 Å². The first kappa shape index (κ1) is 25.6. The Balaban J connectivity index is 1.61. The largest absolute Gasteiger partial charge is 0.497 e. The fourth-order valence-electron chi connectivity index (χ4n) is 3.55. The van der Waals surface area contributed by atoms with Crippen LogP contribution in [0.4, 0.5) is 0 Å². The Labute approximate surface area is 204 Å². The molecule has 3 rings (SSSR count). The van der Waals surface area contributed by atoms with E-state index in [1.807, 2.05) is 44.2 Å². The van der Waals surface area contributed by atoms with Gasteiger partial charge in [-0.1, -0.05) is 44.2 Å². The minimum atomic E-state index is -0.719. The van der Waals surface area contributed by atoms with E-state index in [-0.39, 0.29) is 17.4 Å². The molecule has 3 aromatic rings. The molecule has 8 nitrogen and oxygen atoms in total. The molecule has 1 aromatic heterocycles. The molecule has 0 bridgehead atoms.